The first kappa shape index (κ1) is 24.5. The number of fused-ring (bicyclic) bond motifs is 4. The highest BCUT2D eigenvalue weighted by Gasteiger charge is 2.40. The maximum atomic E-state index is 13.5. The van der Waals surface area contributed by atoms with Crippen LogP contribution in [0.4, 0.5) is 0 Å². The van der Waals surface area contributed by atoms with Crippen LogP contribution < -0.4 is 9.46 Å². The summed E-state index contributed by atoms with van der Waals surface area (Å²) in [6.45, 7) is 6.74. The van der Waals surface area contributed by atoms with Crippen molar-refractivity contribution >= 4 is 26.9 Å². The predicted octanol–water partition coefficient (Wildman–Crippen LogP) is 2.37. The van der Waals surface area contributed by atoms with Crippen LogP contribution in [0.25, 0.3) is 10.9 Å². The Morgan fingerprint density at radius 2 is 1.89 bits per heavy atom. The Balaban J connectivity index is 1.32. The first-order valence-corrected chi connectivity index (χ1v) is 13.4. The molecule has 0 atom stereocenters. The molecular formula is C26H29N5O4S. The molecule has 2 aliphatic rings. The van der Waals surface area contributed by atoms with Crippen LogP contribution in [-0.2, 0) is 15.6 Å². The maximum Gasteiger partial charge on any atom is 0.279 e. The molecule has 1 fully saturated rings. The van der Waals surface area contributed by atoms with E-state index in [0.29, 0.717) is 48.6 Å². The molecule has 2 aromatic carbocycles. The van der Waals surface area contributed by atoms with Crippen molar-refractivity contribution < 1.29 is 17.9 Å². The number of H-pyrrole nitrogens is 1. The maximum absolute atomic E-state index is 13.5. The third-order valence-corrected chi connectivity index (χ3v) is 8.76. The number of hydrogen-bond acceptors (Lipinski definition) is 6. The molecule has 0 amide bonds. The normalized spacial score (nSPS) is 18.0. The molecule has 0 radical (unpaired) electrons. The van der Waals surface area contributed by atoms with Crippen LogP contribution in [0.15, 0.2) is 36.4 Å². The number of nitrogens with one attached hydrogen (secondary N) is 2. The Bertz CT molecular complexity index is 1490. The van der Waals surface area contributed by atoms with Crippen molar-refractivity contribution in [3.05, 3.63) is 64.3 Å². The van der Waals surface area contributed by atoms with E-state index >= 15 is 0 Å². The minimum Gasteiger partial charge on any atom is -0.492 e. The van der Waals surface area contributed by atoms with Gasteiger partial charge >= 0.3 is 0 Å². The van der Waals surface area contributed by atoms with E-state index in [1.165, 1.54) is 4.31 Å². The van der Waals surface area contributed by atoms with Gasteiger partial charge in [0.15, 0.2) is 5.78 Å². The van der Waals surface area contributed by atoms with Crippen molar-refractivity contribution in [2.75, 3.05) is 46.4 Å². The number of ether oxygens (including phenoxy) is 1. The number of benzene rings is 2. The van der Waals surface area contributed by atoms with E-state index in [2.05, 4.69) is 20.7 Å². The first-order valence-electron chi connectivity index (χ1n) is 11.9. The lowest BCUT2D eigenvalue weighted by Gasteiger charge is -2.32. The number of nitrogens with zero attached hydrogens (tertiary/aromatic N) is 3. The summed E-state index contributed by atoms with van der Waals surface area (Å²) in [4.78, 5) is 18.9. The summed E-state index contributed by atoms with van der Waals surface area (Å²) in [5, 5.41) is 10.1. The molecular weight excluding hydrogens is 478 g/mol. The van der Waals surface area contributed by atoms with Crippen LogP contribution in [0.1, 0.15) is 46.6 Å². The van der Waals surface area contributed by atoms with Crippen molar-refractivity contribution in [3.63, 3.8) is 0 Å². The first-order chi connectivity index (χ1) is 17.1. The van der Waals surface area contributed by atoms with E-state index in [1.807, 2.05) is 33.0 Å². The van der Waals surface area contributed by atoms with E-state index in [0.717, 1.165) is 22.2 Å². The third kappa shape index (κ3) is 4.18. The number of carbonyl (C=O) groups is 1. The van der Waals surface area contributed by atoms with Crippen LogP contribution in [0.5, 0.6) is 5.75 Å². The molecule has 188 valence electrons. The number of ketones is 1. The summed E-state index contributed by atoms with van der Waals surface area (Å²) in [6.07, 6.45) is 0. The van der Waals surface area contributed by atoms with E-state index < -0.39 is 15.6 Å². The number of likely N-dealkylation sites (N-methyl/N-ethyl adjacent to an activating group) is 1. The molecule has 0 bridgehead atoms. The van der Waals surface area contributed by atoms with Gasteiger partial charge in [-0.05, 0) is 42.9 Å². The molecule has 1 aromatic heterocycles. The molecule has 3 aromatic rings. The summed E-state index contributed by atoms with van der Waals surface area (Å²) in [6, 6.07) is 12.8. The van der Waals surface area contributed by atoms with Crippen LogP contribution >= 0.6 is 0 Å². The van der Waals surface area contributed by atoms with Crippen molar-refractivity contribution in [2.24, 2.45) is 0 Å². The molecule has 0 saturated carbocycles. The van der Waals surface area contributed by atoms with Gasteiger partial charge < -0.3 is 14.6 Å². The standard InChI is InChI=1S/C26H29N5O4S/c1-26(2)21-15-18(35-13-8-28-36(33,34)31-11-9-30(3)10-12-31)5-7-19(21)24(32)23-20-6-4-17(16-27)14-22(20)29-25(23)26/h4-7,14-15,28-29H,8-13H2,1-3H3. The molecule has 9 nitrogen and oxygen atoms in total. The molecule has 10 heteroatoms. The van der Waals surface area contributed by atoms with Gasteiger partial charge in [0.25, 0.3) is 10.2 Å². The SMILES string of the molecule is CN1CCN(S(=O)(=O)NCCOc2ccc3c(c2)C(C)(C)c2[nH]c4cc(C#N)ccc4c2C3=O)CC1. The molecule has 0 unspecified atom stereocenters. The average Bonchev–Trinajstić information content (AvgIpc) is 3.26. The smallest absolute Gasteiger partial charge is 0.279 e. The van der Waals surface area contributed by atoms with Gasteiger partial charge in [0.2, 0.25) is 0 Å². The van der Waals surface area contributed by atoms with Gasteiger partial charge in [-0.1, -0.05) is 19.9 Å². The van der Waals surface area contributed by atoms with Gasteiger partial charge in [0, 0.05) is 60.3 Å². The molecule has 1 aliphatic carbocycles. The summed E-state index contributed by atoms with van der Waals surface area (Å²) in [5.41, 5.74) is 3.68. The fourth-order valence-electron chi connectivity index (χ4n) is 5.03. The lowest BCUT2D eigenvalue weighted by atomic mass is 9.71. The van der Waals surface area contributed by atoms with Gasteiger partial charge in [-0.2, -0.15) is 22.7 Å². The van der Waals surface area contributed by atoms with Crippen LogP contribution in [0.3, 0.4) is 0 Å². The Hall–Kier alpha value is -3.23. The molecule has 2 N–H and O–H groups in total. The molecule has 1 saturated heterocycles. The van der Waals surface area contributed by atoms with E-state index in [-0.39, 0.29) is 18.9 Å². The summed E-state index contributed by atoms with van der Waals surface area (Å²) >= 11 is 0. The third-order valence-electron chi connectivity index (χ3n) is 7.15. The second kappa shape index (κ2) is 9.01. The highest BCUT2D eigenvalue weighted by Crippen LogP contribution is 2.44. The number of nitriles is 1. The molecule has 36 heavy (non-hydrogen) atoms. The number of carbonyl (C=O) groups excluding carboxylic acids is 1. The Kier molecular flexibility index (Phi) is 6.12. The molecule has 5 rings (SSSR count). The Morgan fingerprint density at radius 1 is 1.14 bits per heavy atom. The lowest BCUT2D eigenvalue weighted by Crippen LogP contribution is -2.51. The Labute approximate surface area is 210 Å². The zero-order chi connectivity index (χ0) is 25.7. The zero-order valence-corrected chi connectivity index (χ0v) is 21.4. The average molecular weight is 508 g/mol. The quantitative estimate of drug-likeness (QED) is 0.495. The molecule has 0 spiro atoms. The number of hydrogen-bond donors (Lipinski definition) is 2. The second-order valence-electron chi connectivity index (χ2n) is 9.86. The van der Waals surface area contributed by atoms with E-state index in [1.54, 1.807) is 24.3 Å². The highest BCUT2D eigenvalue weighted by atomic mass is 32.2. The predicted molar refractivity (Wildman–Crippen MR) is 137 cm³/mol. The Morgan fingerprint density at radius 3 is 2.61 bits per heavy atom. The largest absolute Gasteiger partial charge is 0.492 e. The molecule has 2 heterocycles. The van der Waals surface area contributed by atoms with Crippen molar-refractivity contribution in [1.29, 1.82) is 5.26 Å². The monoisotopic (exact) mass is 507 g/mol. The van der Waals surface area contributed by atoms with Crippen molar-refractivity contribution in [1.82, 2.24) is 18.9 Å². The molecule has 1 aliphatic heterocycles. The topological polar surface area (TPSA) is 119 Å². The fourth-order valence-corrected chi connectivity index (χ4v) is 6.20. The van der Waals surface area contributed by atoms with E-state index in [4.69, 9.17) is 4.74 Å². The summed E-state index contributed by atoms with van der Waals surface area (Å²) in [5.74, 6) is 0.501. The number of piperazine rings is 1. The number of aromatic amines is 1. The number of rotatable bonds is 6. The fraction of sp³-hybridized carbons (Fsp3) is 0.385. The highest BCUT2D eigenvalue weighted by molar-refractivity contribution is 7.87. The van der Waals surface area contributed by atoms with E-state index in [9.17, 15) is 18.5 Å². The number of aromatic nitrogens is 1. The van der Waals surface area contributed by atoms with Gasteiger partial charge in [-0.25, -0.2) is 0 Å². The zero-order valence-electron chi connectivity index (χ0n) is 20.6. The van der Waals surface area contributed by atoms with Gasteiger partial charge in [0.1, 0.15) is 12.4 Å². The summed E-state index contributed by atoms with van der Waals surface area (Å²) in [7, 11) is -1.57. The lowest BCUT2D eigenvalue weighted by molar-refractivity contribution is 0.103. The minimum atomic E-state index is -3.55. The van der Waals surface area contributed by atoms with Crippen LogP contribution in [-0.4, -0.2) is 74.8 Å². The minimum absolute atomic E-state index is 0.0678. The second-order valence-corrected chi connectivity index (χ2v) is 11.6. The van der Waals surface area contributed by atoms with Gasteiger partial charge in [-0.15, -0.1) is 0 Å². The van der Waals surface area contributed by atoms with Crippen LogP contribution in [0.2, 0.25) is 0 Å². The van der Waals surface area contributed by atoms with Gasteiger partial charge in [-0.3, -0.25) is 4.79 Å². The van der Waals surface area contributed by atoms with Crippen molar-refractivity contribution in [2.45, 2.75) is 19.3 Å². The van der Waals surface area contributed by atoms with Gasteiger partial charge in [0.05, 0.1) is 17.2 Å². The van der Waals surface area contributed by atoms with Crippen molar-refractivity contribution in [3.8, 4) is 11.8 Å². The van der Waals surface area contributed by atoms with Crippen LogP contribution in [0, 0.1) is 11.3 Å². The summed E-state index contributed by atoms with van der Waals surface area (Å²) < 4.78 is 35.0.